The minimum atomic E-state index is -0.491. The van der Waals surface area contributed by atoms with Crippen molar-refractivity contribution in [3.63, 3.8) is 0 Å². The second-order valence-electron chi connectivity index (χ2n) is 6.04. The molecule has 4 aromatic rings. The van der Waals surface area contributed by atoms with Crippen molar-refractivity contribution < 1.29 is 19.0 Å². The Morgan fingerprint density at radius 3 is 2.47 bits per heavy atom. The smallest absolute Gasteiger partial charge is 0.257 e. The standard InChI is InChI=1S/C19H17N5O5S/c1-27-11-7-10(8-12(28-2)16(11)29-3)18(26)20-14-9-15(25)21-19-22-17(23-24(14)19)13-5-4-6-30-13/h4-9H,1-3H3,(H,20,26)(H,21,22,23,25). The van der Waals surface area contributed by atoms with Crippen LogP contribution in [-0.2, 0) is 0 Å². The zero-order chi connectivity index (χ0) is 21.3. The molecule has 11 heteroatoms. The van der Waals surface area contributed by atoms with E-state index in [9.17, 15) is 9.59 Å². The Hall–Kier alpha value is -3.86. The first kappa shape index (κ1) is 19.5. The van der Waals surface area contributed by atoms with Gasteiger partial charge in [0, 0.05) is 11.6 Å². The van der Waals surface area contributed by atoms with E-state index in [0.29, 0.717) is 23.1 Å². The number of H-pyrrole nitrogens is 1. The summed E-state index contributed by atoms with van der Waals surface area (Å²) in [6.07, 6.45) is 0. The van der Waals surface area contributed by atoms with Gasteiger partial charge in [0.2, 0.25) is 11.5 Å². The molecule has 0 saturated heterocycles. The lowest BCUT2D eigenvalue weighted by atomic mass is 10.1. The zero-order valence-electron chi connectivity index (χ0n) is 16.3. The number of anilines is 1. The molecule has 3 heterocycles. The molecule has 0 fully saturated rings. The number of carbonyl (C=O) groups is 1. The molecule has 0 atom stereocenters. The molecule has 0 aliphatic heterocycles. The van der Waals surface area contributed by atoms with Crippen molar-refractivity contribution in [2.45, 2.75) is 0 Å². The minimum Gasteiger partial charge on any atom is -0.493 e. The number of amides is 1. The van der Waals surface area contributed by atoms with E-state index >= 15 is 0 Å². The van der Waals surface area contributed by atoms with Crippen LogP contribution in [0.15, 0.2) is 40.5 Å². The van der Waals surface area contributed by atoms with E-state index in [-0.39, 0.29) is 17.2 Å². The maximum atomic E-state index is 12.9. The molecule has 0 bridgehead atoms. The Bertz CT molecular complexity index is 1250. The van der Waals surface area contributed by atoms with Crippen LogP contribution in [0.5, 0.6) is 17.2 Å². The number of benzene rings is 1. The van der Waals surface area contributed by atoms with Crippen molar-refractivity contribution in [1.82, 2.24) is 19.6 Å². The van der Waals surface area contributed by atoms with Gasteiger partial charge in [-0.05, 0) is 23.6 Å². The molecule has 30 heavy (non-hydrogen) atoms. The van der Waals surface area contributed by atoms with E-state index < -0.39 is 11.5 Å². The lowest BCUT2D eigenvalue weighted by Gasteiger charge is -2.14. The third kappa shape index (κ3) is 3.46. The quantitative estimate of drug-likeness (QED) is 0.485. The maximum Gasteiger partial charge on any atom is 0.257 e. The number of hydrogen-bond acceptors (Lipinski definition) is 8. The summed E-state index contributed by atoms with van der Waals surface area (Å²) in [5.74, 6) is 1.36. The summed E-state index contributed by atoms with van der Waals surface area (Å²) in [6, 6.07) is 8.00. The number of nitrogens with zero attached hydrogens (tertiary/aromatic N) is 3. The van der Waals surface area contributed by atoms with Gasteiger partial charge in [0.1, 0.15) is 5.82 Å². The molecule has 3 aromatic heterocycles. The molecule has 0 saturated carbocycles. The lowest BCUT2D eigenvalue weighted by molar-refractivity contribution is 0.102. The number of carbonyl (C=O) groups excluding carboxylic acids is 1. The Morgan fingerprint density at radius 2 is 1.87 bits per heavy atom. The van der Waals surface area contributed by atoms with Crippen molar-refractivity contribution in [2.75, 3.05) is 26.6 Å². The third-order valence-electron chi connectivity index (χ3n) is 4.25. The van der Waals surface area contributed by atoms with Crippen LogP contribution < -0.4 is 25.1 Å². The summed E-state index contributed by atoms with van der Waals surface area (Å²) < 4.78 is 17.2. The van der Waals surface area contributed by atoms with Crippen molar-refractivity contribution in [3.8, 4) is 28.0 Å². The molecular weight excluding hydrogens is 410 g/mol. The fourth-order valence-electron chi connectivity index (χ4n) is 2.89. The van der Waals surface area contributed by atoms with Gasteiger partial charge in [-0.2, -0.15) is 9.50 Å². The summed E-state index contributed by atoms with van der Waals surface area (Å²) in [5.41, 5.74) is -0.177. The van der Waals surface area contributed by atoms with Crippen LogP contribution in [0.25, 0.3) is 16.5 Å². The molecule has 1 amide bonds. The van der Waals surface area contributed by atoms with Gasteiger partial charge in [-0.25, -0.2) is 0 Å². The van der Waals surface area contributed by atoms with Crippen molar-refractivity contribution in [3.05, 3.63) is 51.6 Å². The summed E-state index contributed by atoms with van der Waals surface area (Å²) in [5, 5.41) is 8.99. The van der Waals surface area contributed by atoms with Gasteiger partial charge in [0.15, 0.2) is 17.3 Å². The number of fused-ring (bicyclic) bond motifs is 1. The predicted molar refractivity (Wildman–Crippen MR) is 111 cm³/mol. The highest BCUT2D eigenvalue weighted by molar-refractivity contribution is 7.13. The summed E-state index contributed by atoms with van der Waals surface area (Å²) in [6.45, 7) is 0. The highest BCUT2D eigenvalue weighted by Gasteiger charge is 2.19. The van der Waals surface area contributed by atoms with Gasteiger partial charge >= 0.3 is 0 Å². The van der Waals surface area contributed by atoms with Gasteiger partial charge in [-0.15, -0.1) is 16.4 Å². The second-order valence-corrected chi connectivity index (χ2v) is 6.98. The highest BCUT2D eigenvalue weighted by atomic mass is 32.1. The van der Waals surface area contributed by atoms with Crippen molar-refractivity contribution >= 4 is 28.8 Å². The number of rotatable bonds is 6. The zero-order valence-corrected chi connectivity index (χ0v) is 17.1. The predicted octanol–water partition coefficient (Wildman–Crippen LogP) is 2.42. The number of methoxy groups -OCH3 is 3. The molecule has 0 aliphatic rings. The van der Waals surface area contributed by atoms with E-state index in [0.717, 1.165) is 4.88 Å². The number of aromatic nitrogens is 4. The first-order chi connectivity index (χ1) is 14.5. The van der Waals surface area contributed by atoms with Crippen molar-refractivity contribution in [2.24, 2.45) is 0 Å². The van der Waals surface area contributed by atoms with Crippen LogP contribution in [0.1, 0.15) is 10.4 Å². The Balaban J connectivity index is 1.74. The van der Waals surface area contributed by atoms with Gasteiger partial charge in [-0.1, -0.05) is 6.07 Å². The van der Waals surface area contributed by atoms with Gasteiger partial charge < -0.3 is 19.5 Å². The average Bonchev–Trinajstić information content (AvgIpc) is 3.42. The second kappa shape index (κ2) is 7.87. The van der Waals surface area contributed by atoms with Crippen LogP contribution in [0.3, 0.4) is 0 Å². The normalized spacial score (nSPS) is 10.8. The van der Waals surface area contributed by atoms with E-state index in [1.165, 1.54) is 55.4 Å². The Morgan fingerprint density at radius 1 is 1.13 bits per heavy atom. The highest BCUT2D eigenvalue weighted by Crippen LogP contribution is 2.38. The molecule has 0 aliphatic carbocycles. The van der Waals surface area contributed by atoms with Crippen LogP contribution in [0, 0.1) is 0 Å². The Labute approximate surface area is 174 Å². The fourth-order valence-corrected chi connectivity index (χ4v) is 3.55. The maximum absolute atomic E-state index is 12.9. The van der Waals surface area contributed by atoms with Crippen molar-refractivity contribution in [1.29, 1.82) is 0 Å². The number of hydrogen-bond donors (Lipinski definition) is 2. The topological polar surface area (TPSA) is 120 Å². The van der Waals surface area contributed by atoms with E-state index in [1.807, 2.05) is 17.5 Å². The molecule has 4 rings (SSSR count). The average molecular weight is 427 g/mol. The third-order valence-corrected chi connectivity index (χ3v) is 5.11. The monoisotopic (exact) mass is 427 g/mol. The minimum absolute atomic E-state index is 0.169. The molecule has 10 nitrogen and oxygen atoms in total. The molecular formula is C19H17N5O5S. The van der Waals surface area contributed by atoms with Crippen LogP contribution in [-0.4, -0.2) is 46.8 Å². The molecule has 0 spiro atoms. The van der Waals surface area contributed by atoms with Gasteiger partial charge in [0.25, 0.3) is 11.5 Å². The summed E-state index contributed by atoms with van der Waals surface area (Å²) in [7, 11) is 4.39. The first-order valence-electron chi connectivity index (χ1n) is 8.69. The molecule has 154 valence electrons. The molecule has 0 unspecified atom stereocenters. The number of nitrogens with one attached hydrogen (secondary N) is 2. The van der Waals surface area contributed by atoms with Gasteiger partial charge in [-0.3, -0.25) is 14.6 Å². The van der Waals surface area contributed by atoms with Gasteiger partial charge in [0.05, 0.1) is 26.2 Å². The van der Waals surface area contributed by atoms with Crippen LogP contribution in [0.4, 0.5) is 5.82 Å². The fraction of sp³-hybridized carbons (Fsp3) is 0.158. The lowest BCUT2D eigenvalue weighted by Crippen LogP contribution is -2.19. The number of ether oxygens (including phenoxy) is 3. The molecule has 0 radical (unpaired) electrons. The number of aromatic amines is 1. The van der Waals surface area contributed by atoms with E-state index in [1.54, 1.807) is 0 Å². The largest absolute Gasteiger partial charge is 0.493 e. The van der Waals surface area contributed by atoms with Crippen LogP contribution in [0.2, 0.25) is 0 Å². The molecule has 1 aromatic carbocycles. The molecule has 2 N–H and O–H groups in total. The Kier molecular flexibility index (Phi) is 5.11. The SMILES string of the molecule is COc1cc(C(=O)Nc2cc(=O)[nH]c3nc(-c4cccs4)nn23)cc(OC)c1OC. The van der Waals surface area contributed by atoms with Crippen LogP contribution >= 0.6 is 11.3 Å². The van der Waals surface area contributed by atoms with E-state index in [4.69, 9.17) is 14.2 Å². The summed E-state index contributed by atoms with van der Waals surface area (Å²) >= 11 is 1.47. The summed E-state index contributed by atoms with van der Waals surface area (Å²) in [4.78, 5) is 32.7. The number of thiophene rings is 1. The first-order valence-corrected chi connectivity index (χ1v) is 9.57. The van der Waals surface area contributed by atoms with E-state index in [2.05, 4.69) is 20.4 Å².